The fourth-order valence-electron chi connectivity index (χ4n) is 1.48. The summed E-state index contributed by atoms with van der Waals surface area (Å²) in [4.78, 5) is 5.03. The largest absolute Gasteiger partial charge is 0.371 e. The minimum absolute atomic E-state index is 0.0680. The molecule has 1 unspecified atom stereocenters. The van der Waals surface area contributed by atoms with E-state index in [1.165, 1.54) is 0 Å². The van der Waals surface area contributed by atoms with E-state index in [9.17, 15) is 0 Å². The number of hydroxylamine groups is 1. The van der Waals surface area contributed by atoms with Crippen LogP contribution in [-0.4, -0.2) is 24.9 Å². The van der Waals surface area contributed by atoms with Crippen LogP contribution in [0.25, 0.3) is 0 Å². The van der Waals surface area contributed by atoms with Gasteiger partial charge in [-0.2, -0.15) is 5.48 Å². The van der Waals surface area contributed by atoms with Gasteiger partial charge in [0.05, 0.1) is 18.3 Å². The highest BCUT2D eigenvalue weighted by Gasteiger charge is 2.31. The maximum Gasteiger partial charge on any atom is 0.0731 e. The molecule has 0 amide bonds. The summed E-state index contributed by atoms with van der Waals surface area (Å²) in [6.45, 7) is 7.74. The van der Waals surface area contributed by atoms with Gasteiger partial charge in [-0.15, -0.1) is 0 Å². The van der Waals surface area contributed by atoms with E-state index in [1.807, 2.05) is 6.92 Å². The Bertz CT molecular complexity index is 136. The number of rotatable bonds is 4. The lowest BCUT2D eigenvalue weighted by Crippen LogP contribution is -2.29. The van der Waals surface area contributed by atoms with Crippen LogP contribution in [0.3, 0.4) is 0 Å². The summed E-state index contributed by atoms with van der Waals surface area (Å²) < 4.78 is 5.75. The molecular weight excluding hydrogens is 154 g/mol. The Kier molecular flexibility index (Phi) is 3.50. The Morgan fingerprint density at radius 3 is 2.83 bits per heavy atom. The third-order valence-electron chi connectivity index (χ3n) is 2.11. The van der Waals surface area contributed by atoms with Gasteiger partial charge in [0.1, 0.15) is 0 Å². The lowest BCUT2D eigenvalue weighted by Gasteiger charge is -2.19. The van der Waals surface area contributed by atoms with E-state index >= 15 is 0 Å². The molecule has 0 radical (unpaired) electrons. The molecule has 0 aliphatic carbocycles. The molecule has 1 atom stereocenters. The summed E-state index contributed by atoms with van der Waals surface area (Å²) in [6, 6.07) is 0. The second-order valence-electron chi connectivity index (χ2n) is 3.82. The first-order valence-corrected chi connectivity index (χ1v) is 4.66. The first-order chi connectivity index (χ1) is 5.64. The Balaban J connectivity index is 2.11. The summed E-state index contributed by atoms with van der Waals surface area (Å²) in [5.41, 5.74) is 2.96. The highest BCUT2D eigenvalue weighted by atomic mass is 16.6. The third-order valence-corrected chi connectivity index (χ3v) is 2.11. The van der Waals surface area contributed by atoms with Crippen molar-refractivity contribution >= 4 is 0 Å². The lowest BCUT2D eigenvalue weighted by molar-refractivity contribution is -0.0411. The minimum atomic E-state index is 0.0680. The van der Waals surface area contributed by atoms with E-state index in [0.29, 0.717) is 12.7 Å². The molecule has 0 aromatic rings. The smallest absolute Gasteiger partial charge is 0.0731 e. The third kappa shape index (κ3) is 3.09. The van der Waals surface area contributed by atoms with Crippen molar-refractivity contribution < 1.29 is 9.57 Å². The molecule has 0 bridgehead atoms. The van der Waals surface area contributed by atoms with Gasteiger partial charge in [-0.1, -0.05) is 0 Å². The Morgan fingerprint density at radius 2 is 2.33 bits per heavy atom. The maximum atomic E-state index is 5.75. The SMILES string of the molecule is CCONCC1CCC(C)(C)O1. The Labute approximate surface area is 74.4 Å². The molecule has 3 heteroatoms. The molecular formula is C9H19NO2. The second kappa shape index (κ2) is 4.21. The van der Waals surface area contributed by atoms with Crippen molar-refractivity contribution in [3.8, 4) is 0 Å². The van der Waals surface area contributed by atoms with Crippen LogP contribution in [0.4, 0.5) is 0 Å². The molecule has 0 aromatic heterocycles. The number of nitrogens with one attached hydrogen (secondary N) is 1. The quantitative estimate of drug-likeness (QED) is 0.516. The molecule has 3 nitrogen and oxygen atoms in total. The van der Waals surface area contributed by atoms with E-state index in [2.05, 4.69) is 19.3 Å². The van der Waals surface area contributed by atoms with Gasteiger partial charge >= 0.3 is 0 Å². The van der Waals surface area contributed by atoms with Crippen LogP contribution in [0.5, 0.6) is 0 Å². The Morgan fingerprint density at radius 1 is 1.58 bits per heavy atom. The zero-order valence-electron chi connectivity index (χ0n) is 8.22. The van der Waals surface area contributed by atoms with Crippen molar-refractivity contribution in [1.82, 2.24) is 5.48 Å². The highest BCUT2D eigenvalue weighted by Crippen LogP contribution is 2.28. The van der Waals surface area contributed by atoms with E-state index in [0.717, 1.165) is 19.4 Å². The number of hydrogen-bond acceptors (Lipinski definition) is 3. The van der Waals surface area contributed by atoms with E-state index in [1.54, 1.807) is 0 Å². The number of hydrogen-bond donors (Lipinski definition) is 1. The molecule has 72 valence electrons. The molecule has 1 saturated heterocycles. The van der Waals surface area contributed by atoms with Crippen molar-refractivity contribution in [1.29, 1.82) is 0 Å². The van der Waals surface area contributed by atoms with Crippen molar-refractivity contribution in [3.63, 3.8) is 0 Å². The van der Waals surface area contributed by atoms with Crippen molar-refractivity contribution in [2.75, 3.05) is 13.2 Å². The molecule has 0 saturated carbocycles. The summed E-state index contributed by atoms with van der Waals surface area (Å²) in [7, 11) is 0. The van der Waals surface area contributed by atoms with Gasteiger partial charge in [0, 0.05) is 6.54 Å². The van der Waals surface area contributed by atoms with Gasteiger partial charge in [0.25, 0.3) is 0 Å². The molecule has 1 rings (SSSR count). The zero-order valence-corrected chi connectivity index (χ0v) is 8.22. The van der Waals surface area contributed by atoms with E-state index in [-0.39, 0.29) is 5.60 Å². The fraction of sp³-hybridized carbons (Fsp3) is 1.00. The van der Waals surface area contributed by atoms with E-state index < -0.39 is 0 Å². The average Bonchev–Trinajstić information content (AvgIpc) is 2.31. The van der Waals surface area contributed by atoms with Crippen LogP contribution >= 0.6 is 0 Å². The van der Waals surface area contributed by atoms with Gasteiger partial charge in [0.15, 0.2) is 0 Å². The van der Waals surface area contributed by atoms with Gasteiger partial charge < -0.3 is 9.57 Å². The minimum Gasteiger partial charge on any atom is -0.371 e. The molecule has 12 heavy (non-hydrogen) atoms. The highest BCUT2D eigenvalue weighted by molar-refractivity contribution is 4.81. The van der Waals surface area contributed by atoms with Crippen LogP contribution in [0.15, 0.2) is 0 Å². The zero-order chi connectivity index (χ0) is 9.03. The second-order valence-corrected chi connectivity index (χ2v) is 3.82. The average molecular weight is 173 g/mol. The summed E-state index contributed by atoms with van der Waals surface area (Å²) in [5.74, 6) is 0. The van der Waals surface area contributed by atoms with Crippen LogP contribution < -0.4 is 5.48 Å². The first-order valence-electron chi connectivity index (χ1n) is 4.66. The lowest BCUT2D eigenvalue weighted by atomic mass is 10.1. The number of ether oxygens (including phenoxy) is 1. The van der Waals surface area contributed by atoms with Crippen LogP contribution in [0.1, 0.15) is 33.6 Å². The molecule has 1 fully saturated rings. The summed E-state index contributed by atoms with van der Waals surface area (Å²) in [5, 5.41) is 0. The monoisotopic (exact) mass is 173 g/mol. The molecule has 0 spiro atoms. The fourth-order valence-corrected chi connectivity index (χ4v) is 1.48. The van der Waals surface area contributed by atoms with Crippen LogP contribution in [0, 0.1) is 0 Å². The Hall–Kier alpha value is -0.120. The van der Waals surface area contributed by atoms with Gasteiger partial charge in [-0.05, 0) is 33.6 Å². The predicted molar refractivity (Wildman–Crippen MR) is 47.8 cm³/mol. The normalized spacial score (nSPS) is 27.8. The van der Waals surface area contributed by atoms with Gasteiger partial charge in [-0.3, -0.25) is 0 Å². The standard InChI is InChI=1S/C9H19NO2/c1-4-11-10-7-8-5-6-9(2,3)12-8/h8,10H,4-7H2,1-3H3. The predicted octanol–water partition coefficient (Wildman–Crippen LogP) is 1.49. The van der Waals surface area contributed by atoms with Gasteiger partial charge in [0.2, 0.25) is 0 Å². The van der Waals surface area contributed by atoms with Crippen LogP contribution in [0.2, 0.25) is 0 Å². The topological polar surface area (TPSA) is 30.5 Å². The summed E-state index contributed by atoms with van der Waals surface area (Å²) >= 11 is 0. The molecule has 1 aliphatic rings. The van der Waals surface area contributed by atoms with Crippen LogP contribution in [-0.2, 0) is 9.57 Å². The summed E-state index contributed by atoms with van der Waals surface area (Å²) in [6.07, 6.45) is 2.60. The van der Waals surface area contributed by atoms with Crippen molar-refractivity contribution in [2.45, 2.75) is 45.3 Å². The van der Waals surface area contributed by atoms with Crippen molar-refractivity contribution in [2.24, 2.45) is 0 Å². The molecule has 1 N–H and O–H groups in total. The maximum absolute atomic E-state index is 5.75. The molecule has 0 aromatic carbocycles. The molecule has 1 aliphatic heterocycles. The molecule has 1 heterocycles. The van der Waals surface area contributed by atoms with E-state index in [4.69, 9.17) is 9.57 Å². The van der Waals surface area contributed by atoms with Crippen molar-refractivity contribution in [3.05, 3.63) is 0 Å². The van der Waals surface area contributed by atoms with Gasteiger partial charge in [-0.25, -0.2) is 0 Å². The first kappa shape index (κ1) is 9.96.